The summed E-state index contributed by atoms with van der Waals surface area (Å²) < 4.78 is 40.3. The number of halogens is 3. The average molecular weight is 301 g/mol. The number of aromatic nitrogens is 2. The first-order valence-corrected chi connectivity index (χ1v) is 6.66. The number of nitrogens with zero attached hydrogens (tertiary/aromatic N) is 2. The molecule has 0 bridgehead atoms. The predicted octanol–water partition coefficient (Wildman–Crippen LogP) is 4.67. The smallest absolute Gasteiger partial charge is 0.232 e. The second-order valence-corrected chi connectivity index (χ2v) is 4.95. The largest absolute Gasteiger partial charge is 0.435 e. The molecule has 0 saturated carbocycles. The second-order valence-electron chi connectivity index (χ2n) is 4.95. The topological polar surface area (TPSA) is 17.8 Å². The number of aryl methyl sites for hydroxylation is 1. The van der Waals surface area contributed by atoms with Crippen molar-refractivity contribution in [2.24, 2.45) is 0 Å². The summed E-state index contributed by atoms with van der Waals surface area (Å²) in [4.78, 5) is 0. The van der Waals surface area contributed by atoms with Crippen molar-refractivity contribution in [3.8, 4) is 16.9 Å². The first kappa shape index (κ1) is 14.4. The minimum atomic E-state index is -4.48. The lowest BCUT2D eigenvalue weighted by Gasteiger charge is -2.07. The maximum atomic E-state index is 13.0. The second kappa shape index (κ2) is 5.33. The number of benzene rings is 2. The Morgan fingerprint density at radius 2 is 1.82 bits per heavy atom. The van der Waals surface area contributed by atoms with Crippen LogP contribution in [0, 0.1) is 13.0 Å². The molecule has 0 amide bonds. The van der Waals surface area contributed by atoms with Crippen molar-refractivity contribution in [1.82, 2.24) is 9.78 Å². The Labute approximate surface area is 125 Å². The van der Waals surface area contributed by atoms with E-state index < -0.39 is 11.9 Å². The Hall–Kier alpha value is -2.56. The minimum absolute atomic E-state index is 0.395. The molecule has 0 aliphatic carbocycles. The normalized spacial score (nSPS) is 11.6. The molecule has 2 nitrogen and oxygen atoms in total. The van der Waals surface area contributed by atoms with Crippen LogP contribution in [-0.4, -0.2) is 9.78 Å². The zero-order chi connectivity index (χ0) is 15.7. The Bertz CT molecular complexity index is 772. The molecule has 1 aromatic heterocycles. The molecule has 0 spiro atoms. The van der Waals surface area contributed by atoms with E-state index in [-0.39, 0.29) is 0 Å². The highest BCUT2D eigenvalue weighted by molar-refractivity contribution is 5.63. The lowest BCUT2D eigenvalue weighted by atomic mass is 10.1. The molecule has 0 saturated heterocycles. The third-order valence-electron chi connectivity index (χ3n) is 3.28. The van der Waals surface area contributed by atoms with Gasteiger partial charge >= 0.3 is 6.18 Å². The molecule has 1 heterocycles. The van der Waals surface area contributed by atoms with Crippen LogP contribution in [0.3, 0.4) is 0 Å². The number of alkyl halides is 3. The molecule has 22 heavy (non-hydrogen) atoms. The van der Waals surface area contributed by atoms with Gasteiger partial charge in [-0.3, -0.25) is 0 Å². The molecule has 2 aromatic carbocycles. The Morgan fingerprint density at radius 3 is 2.41 bits per heavy atom. The zero-order valence-corrected chi connectivity index (χ0v) is 11.7. The highest BCUT2D eigenvalue weighted by Gasteiger charge is 2.35. The van der Waals surface area contributed by atoms with Crippen LogP contribution in [-0.2, 0) is 6.18 Å². The van der Waals surface area contributed by atoms with Crippen LogP contribution < -0.4 is 0 Å². The van der Waals surface area contributed by atoms with Gasteiger partial charge in [-0.1, -0.05) is 42.0 Å². The molecule has 0 atom stereocenters. The first-order valence-electron chi connectivity index (χ1n) is 6.66. The molecule has 0 N–H and O–H groups in total. The van der Waals surface area contributed by atoms with E-state index in [2.05, 4.69) is 11.2 Å². The maximum absolute atomic E-state index is 13.0. The quantitative estimate of drug-likeness (QED) is 0.672. The highest BCUT2D eigenvalue weighted by atomic mass is 19.4. The van der Waals surface area contributed by atoms with Crippen LogP contribution in [0.15, 0.2) is 54.6 Å². The van der Waals surface area contributed by atoms with E-state index in [1.165, 1.54) is 4.68 Å². The van der Waals surface area contributed by atoms with Crippen LogP contribution in [0.4, 0.5) is 13.2 Å². The molecule has 111 valence electrons. The summed E-state index contributed by atoms with van der Waals surface area (Å²) in [5, 5.41) is 3.72. The Balaban J connectivity index is 2.19. The number of hydrogen-bond donors (Lipinski definition) is 0. The summed E-state index contributed by atoms with van der Waals surface area (Å²) in [6.07, 6.45) is -4.48. The lowest BCUT2D eigenvalue weighted by molar-refractivity contribution is -0.141. The van der Waals surface area contributed by atoms with Gasteiger partial charge in [0.15, 0.2) is 5.69 Å². The van der Waals surface area contributed by atoms with E-state index >= 15 is 0 Å². The third-order valence-corrected chi connectivity index (χ3v) is 3.28. The van der Waals surface area contributed by atoms with Crippen LogP contribution in [0.25, 0.3) is 16.9 Å². The van der Waals surface area contributed by atoms with E-state index in [1.807, 2.05) is 19.1 Å². The lowest BCUT2D eigenvalue weighted by Crippen LogP contribution is -2.07. The number of rotatable bonds is 2. The van der Waals surface area contributed by atoms with Gasteiger partial charge in [0.05, 0.1) is 11.4 Å². The number of hydrogen-bond acceptors (Lipinski definition) is 1. The van der Waals surface area contributed by atoms with Gasteiger partial charge in [0, 0.05) is 5.56 Å². The van der Waals surface area contributed by atoms with Crippen molar-refractivity contribution in [1.29, 1.82) is 0 Å². The van der Waals surface area contributed by atoms with Crippen molar-refractivity contribution in [3.63, 3.8) is 0 Å². The van der Waals surface area contributed by atoms with Gasteiger partial charge in [0.25, 0.3) is 0 Å². The average Bonchev–Trinajstić information content (AvgIpc) is 2.94. The fourth-order valence-corrected chi connectivity index (χ4v) is 2.16. The van der Waals surface area contributed by atoms with Crippen molar-refractivity contribution < 1.29 is 13.2 Å². The molecule has 3 aromatic rings. The van der Waals surface area contributed by atoms with Gasteiger partial charge in [0.1, 0.15) is 0 Å². The van der Waals surface area contributed by atoms with E-state index in [0.717, 1.165) is 11.6 Å². The molecule has 0 aliphatic heterocycles. The Kier molecular flexibility index (Phi) is 3.48. The summed E-state index contributed by atoms with van der Waals surface area (Å²) in [5.74, 6) is 0. The molecule has 3 rings (SSSR count). The van der Waals surface area contributed by atoms with E-state index in [0.29, 0.717) is 16.9 Å². The zero-order valence-electron chi connectivity index (χ0n) is 11.7. The fourth-order valence-electron chi connectivity index (χ4n) is 2.16. The minimum Gasteiger partial charge on any atom is -0.232 e. The summed E-state index contributed by atoms with van der Waals surface area (Å²) in [7, 11) is 0. The van der Waals surface area contributed by atoms with Crippen LogP contribution in [0.2, 0.25) is 0 Å². The summed E-state index contributed by atoms with van der Waals surface area (Å²) in [6, 6.07) is 17.9. The monoisotopic (exact) mass is 301 g/mol. The van der Waals surface area contributed by atoms with E-state index in [1.54, 1.807) is 36.4 Å². The van der Waals surface area contributed by atoms with Crippen LogP contribution in [0.1, 0.15) is 11.3 Å². The van der Waals surface area contributed by atoms with Gasteiger partial charge in [-0.2, -0.15) is 18.3 Å². The SMILES string of the molecule is Cc1ccc(-c2cc(C(F)(F)F)nn2-c2c[c]ccc2)cc1. The standard InChI is InChI=1S/C17H12F3N2/c1-12-7-9-13(10-8-12)15-11-16(17(18,19)20)21-22(15)14-5-3-2-4-6-14/h2-3,5-11H,1H3. The summed E-state index contributed by atoms with van der Waals surface area (Å²) in [6.45, 7) is 1.92. The van der Waals surface area contributed by atoms with Gasteiger partial charge in [-0.05, 0) is 31.2 Å². The van der Waals surface area contributed by atoms with Crippen LogP contribution >= 0.6 is 0 Å². The van der Waals surface area contributed by atoms with Crippen molar-refractivity contribution >= 4 is 0 Å². The molecule has 0 aliphatic rings. The van der Waals surface area contributed by atoms with Gasteiger partial charge in [-0.15, -0.1) is 0 Å². The molecule has 0 fully saturated rings. The summed E-state index contributed by atoms with van der Waals surface area (Å²) >= 11 is 0. The predicted molar refractivity (Wildman–Crippen MR) is 77.6 cm³/mol. The van der Waals surface area contributed by atoms with E-state index in [9.17, 15) is 13.2 Å². The molecular weight excluding hydrogens is 289 g/mol. The van der Waals surface area contributed by atoms with Crippen molar-refractivity contribution in [3.05, 3.63) is 71.9 Å². The molecule has 0 unspecified atom stereocenters. The van der Waals surface area contributed by atoms with Crippen molar-refractivity contribution in [2.45, 2.75) is 13.1 Å². The Morgan fingerprint density at radius 1 is 1.09 bits per heavy atom. The molecule has 5 heteroatoms. The molecule has 1 radical (unpaired) electrons. The van der Waals surface area contributed by atoms with Crippen molar-refractivity contribution in [2.75, 3.05) is 0 Å². The first-order chi connectivity index (χ1) is 10.4. The maximum Gasteiger partial charge on any atom is 0.435 e. The van der Waals surface area contributed by atoms with Gasteiger partial charge in [0.2, 0.25) is 0 Å². The van der Waals surface area contributed by atoms with Gasteiger partial charge < -0.3 is 0 Å². The highest BCUT2D eigenvalue weighted by Crippen LogP contribution is 2.33. The fraction of sp³-hybridized carbons (Fsp3) is 0.118. The third kappa shape index (κ3) is 2.74. The van der Waals surface area contributed by atoms with E-state index in [4.69, 9.17) is 0 Å². The summed E-state index contributed by atoms with van der Waals surface area (Å²) in [5.41, 5.74) is 1.74. The molecular formula is C17H12F3N2. The van der Waals surface area contributed by atoms with Crippen LogP contribution in [0.5, 0.6) is 0 Å². The van der Waals surface area contributed by atoms with Gasteiger partial charge in [-0.25, -0.2) is 4.68 Å².